The van der Waals surface area contributed by atoms with Crippen molar-refractivity contribution in [3.8, 4) is 0 Å². The molecule has 64 valence electrons. The number of aromatic nitrogens is 2. The van der Waals surface area contributed by atoms with Crippen molar-refractivity contribution in [1.82, 2.24) is 15.3 Å². The minimum atomic E-state index is 0.650. The Morgan fingerprint density at radius 2 is 2.08 bits per heavy atom. The first-order chi connectivity index (χ1) is 5.93. The monoisotopic (exact) mass is 163 g/mol. The molecule has 0 radical (unpaired) electrons. The van der Waals surface area contributed by atoms with Crippen LogP contribution < -0.4 is 5.32 Å². The molecule has 1 aromatic heterocycles. The van der Waals surface area contributed by atoms with Crippen molar-refractivity contribution in [3.63, 3.8) is 0 Å². The highest BCUT2D eigenvalue weighted by Gasteiger charge is 2.28. The quantitative estimate of drug-likeness (QED) is 0.682. The number of nitrogens with one attached hydrogen (secondary N) is 2. The Morgan fingerprint density at radius 3 is 2.67 bits per heavy atom. The molecule has 12 heavy (non-hydrogen) atoms. The normalized spacial score (nSPS) is 24.0. The molecular weight excluding hydrogens is 150 g/mol. The maximum Gasteiger partial charge on any atom is 0.111 e. The Hall–Kier alpha value is -0.830. The lowest BCUT2D eigenvalue weighted by Crippen LogP contribution is -2.40. The van der Waals surface area contributed by atoms with E-state index in [1.807, 2.05) is 6.20 Å². The number of rotatable bonds is 2. The highest BCUT2D eigenvalue weighted by Crippen LogP contribution is 2.39. The highest BCUT2D eigenvalue weighted by molar-refractivity contribution is 5.16. The van der Waals surface area contributed by atoms with Crippen LogP contribution in [0.5, 0.6) is 0 Å². The Balaban J connectivity index is 1.81. The van der Waals surface area contributed by atoms with Crippen LogP contribution in [-0.2, 0) is 0 Å². The van der Waals surface area contributed by atoms with Crippen LogP contribution in [-0.4, -0.2) is 23.1 Å². The molecule has 2 aliphatic rings. The topological polar surface area (TPSA) is 40.7 Å². The highest BCUT2D eigenvalue weighted by atomic mass is 15.0. The molecule has 3 nitrogen and oxygen atoms in total. The summed E-state index contributed by atoms with van der Waals surface area (Å²) in [5.74, 6) is 2.65. The molecule has 0 atom stereocenters. The van der Waals surface area contributed by atoms with Gasteiger partial charge in [-0.3, -0.25) is 0 Å². The largest absolute Gasteiger partial charge is 0.345 e. The number of H-pyrrole nitrogens is 1. The van der Waals surface area contributed by atoms with Crippen LogP contribution in [0.3, 0.4) is 0 Å². The van der Waals surface area contributed by atoms with Crippen molar-refractivity contribution in [2.75, 3.05) is 13.1 Å². The van der Waals surface area contributed by atoms with Crippen LogP contribution in [0, 0.1) is 0 Å². The van der Waals surface area contributed by atoms with Crippen molar-refractivity contribution in [3.05, 3.63) is 17.7 Å². The van der Waals surface area contributed by atoms with E-state index < -0.39 is 0 Å². The number of aromatic amines is 1. The molecule has 0 amide bonds. The van der Waals surface area contributed by atoms with E-state index in [4.69, 9.17) is 0 Å². The van der Waals surface area contributed by atoms with Gasteiger partial charge in [0.15, 0.2) is 0 Å². The van der Waals surface area contributed by atoms with Gasteiger partial charge in [-0.25, -0.2) is 4.98 Å². The van der Waals surface area contributed by atoms with Crippen LogP contribution in [0.1, 0.15) is 36.2 Å². The van der Waals surface area contributed by atoms with Gasteiger partial charge in [0.1, 0.15) is 5.82 Å². The Bertz CT molecular complexity index is 284. The molecule has 1 saturated carbocycles. The molecular formula is C9H13N3. The van der Waals surface area contributed by atoms with Gasteiger partial charge in [0.25, 0.3) is 0 Å². The molecule has 0 bridgehead atoms. The third-order valence-electron chi connectivity index (χ3n) is 2.80. The fourth-order valence-electron chi connectivity index (χ4n) is 1.64. The number of nitrogens with zero attached hydrogens (tertiary/aromatic N) is 1. The van der Waals surface area contributed by atoms with E-state index in [1.165, 1.54) is 24.4 Å². The minimum Gasteiger partial charge on any atom is -0.345 e. The van der Waals surface area contributed by atoms with E-state index in [0.717, 1.165) is 19.0 Å². The van der Waals surface area contributed by atoms with Crippen LogP contribution in [0.2, 0.25) is 0 Å². The van der Waals surface area contributed by atoms with Crippen molar-refractivity contribution < 1.29 is 0 Å². The van der Waals surface area contributed by atoms with Gasteiger partial charge in [-0.1, -0.05) is 0 Å². The third kappa shape index (κ3) is 0.966. The van der Waals surface area contributed by atoms with Crippen molar-refractivity contribution in [1.29, 1.82) is 0 Å². The number of hydrogen-bond acceptors (Lipinski definition) is 2. The first-order valence-corrected chi connectivity index (χ1v) is 4.69. The summed E-state index contributed by atoms with van der Waals surface area (Å²) in [5, 5.41) is 3.25. The second-order valence-electron chi connectivity index (χ2n) is 3.85. The molecule has 3 heteroatoms. The Morgan fingerprint density at radius 1 is 1.25 bits per heavy atom. The molecule has 0 spiro atoms. The summed E-state index contributed by atoms with van der Waals surface area (Å²) < 4.78 is 0. The molecule has 1 aliphatic carbocycles. The summed E-state index contributed by atoms with van der Waals surface area (Å²) in [6.45, 7) is 2.19. The smallest absolute Gasteiger partial charge is 0.111 e. The maximum atomic E-state index is 4.40. The average molecular weight is 163 g/mol. The summed E-state index contributed by atoms with van der Waals surface area (Å²) in [6.07, 6.45) is 4.72. The zero-order valence-electron chi connectivity index (χ0n) is 7.01. The van der Waals surface area contributed by atoms with Gasteiger partial charge in [0, 0.05) is 36.8 Å². The van der Waals surface area contributed by atoms with Gasteiger partial charge in [-0.2, -0.15) is 0 Å². The lowest BCUT2D eigenvalue weighted by Gasteiger charge is -2.24. The first-order valence-electron chi connectivity index (χ1n) is 4.69. The van der Waals surface area contributed by atoms with Gasteiger partial charge < -0.3 is 10.3 Å². The van der Waals surface area contributed by atoms with Crippen molar-refractivity contribution in [2.24, 2.45) is 0 Å². The zero-order valence-corrected chi connectivity index (χ0v) is 7.01. The molecule has 2 heterocycles. The minimum absolute atomic E-state index is 0.650. The van der Waals surface area contributed by atoms with Crippen molar-refractivity contribution in [2.45, 2.75) is 24.7 Å². The van der Waals surface area contributed by atoms with E-state index in [0.29, 0.717) is 5.92 Å². The molecule has 0 aromatic carbocycles. The molecule has 1 aliphatic heterocycles. The average Bonchev–Trinajstić information content (AvgIpc) is 2.70. The van der Waals surface area contributed by atoms with Gasteiger partial charge in [0.05, 0.1) is 0 Å². The summed E-state index contributed by atoms with van der Waals surface area (Å²) >= 11 is 0. The molecule has 0 unspecified atom stereocenters. The van der Waals surface area contributed by atoms with Crippen LogP contribution in [0.15, 0.2) is 6.20 Å². The summed E-state index contributed by atoms with van der Waals surface area (Å²) in [5.41, 5.74) is 1.36. The fourth-order valence-corrected chi connectivity index (χ4v) is 1.64. The van der Waals surface area contributed by atoms with Gasteiger partial charge in [0.2, 0.25) is 0 Å². The van der Waals surface area contributed by atoms with E-state index >= 15 is 0 Å². The summed E-state index contributed by atoms with van der Waals surface area (Å²) in [4.78, 5) is 7.83. The van der Waals surface area contributed by atoms with Crippen LogP contribution in [0.25, 0.3) is 0 Å². The zero-order chi connectivity index (χ0) is 7.97. The molecule has 3 rings (SSSR count). The number of imidazole rings is 1. The Kier molecular flexibility index (Phi) is 1.29. The molecule has 2 fully saturated rings. The van der Waals surface area contributed by atoms with Gasteiger partial charge in [-0.05, 0) is 12.8 Å². The van der Waals surface area contributed by atoms with E-state index in [1.54, 1.807) is 0 Å². The first kappa shape index (κ1) is 6.66. The maximum absolute atomic E-state index is 4.40. The SMILES string of the molecule is c1nc(C2CNC2)[nH]c1C1CC1. The molecule has 2 N–H and O–H groups in total. The van der Waals surface area contributed by atoms with Crippen LogP contribution in [0.4, 0.5) is 0 Å². The van der Waals surface area contributed by atoms with Crippen LogP contribution >= 0.6 is 0 Å². The van der Waals surface area contributed by atoms with Crippen molar-refractivity contribution >= 4 is 0 Å². The van der Waals surface area contributed by atoms with E-state index in [2.05, 4.69) is 15.3 Å². The van der Waals surface area contributed by atoms with Gasteiger partial charge in [-0.15, -0.1) is 0 Å². The van der Waals surface area contributed by atoms with E-state index in [9.17, 15) is 0 Å². The summed E-state index contributed by atoms with van der Waals surface area (Å²) in [7, 11) is 0. The predicted molar refractivity (Wildman–Crippen MR) is 46.2 cm³/mol. The third-order valence-corrected chi connectivity index (χ3v) is 2.80. The fraction of sp³-hybridized carbons (Fsp3) is 0.667. The second kappa shape index (κ2) is 2.33. The number of hydrogen-bond donors (Lipinski definition) is 2. The van der Waals surface area contributed by atoms with E-state index in [-0.39, 0.29) is 0 Å². The molecule has 1 aromatic rings. The Labute approximate surface area is 71.6 Å². The standard InChI is InChI=1S/C9H13N3/c1-2-6(1)8-5-11-9(12-8)7-3-10-4-7/h5-7,10H,1-4H2,(H,11,12). The van der Waals surface area contributed by atoms with Gasteiger partial charge >= 0.3 is 0 Å². The lowest BCUT2D eigenvalue weighted by atomic mass is 10.0. The second-order valence-corrected chi connectivity index (χ2v) is 3.85. The summed E-state index contributed by atoms with van der Waals surface area (Å²) in [6, 6.07) is 0. The lowest BCUT2D eigenvalue weighted by molar-refractivity contribution is 0.432. The molecule has 1 saturated heterocycles. The predicted octanol–water partition coefficient (Wildman–Crippen LogP) is 0.974.